The van der Waals surface area contributed by atoms with Gasteiger partial charge >= 0.3 is 12.1 Å². The van der Waals surface area contributed by atoms with Crippen molar-refractivity contribution >= 4 is 23.4 Å². The number of amides is 4. The maximum absolute atomic E-state index is 14.3. The number of nitrogens with zero attached hydrogens (tertiary/aromatic N) is 2. The zero-order chi connectivity index (χ0) is 25.6. The largest absolute Gasteiger partial charge is 0.339 e. The first-order valence-corrected chi connectivity index (χ1v) is 12.9. The normalized spacial score (nSPS) is 26.5. The molecule has 3 aliphatic carbocycles. The molecular formula is C32H31N3O2. The Hall–Kier alpha value is -4.12. The van der Waals surface area contributed by atoms with E-state index in [1.54, 1.807) is 17.0 Å². The van der Waals surface area contributed by atoms with E-state index in [4.69, 9.17) is 0 Å². The van der Waals surface area contributed by atoms with E-state index >= 15 is 0 Å². The molecule has 0 radical (unpaired) electrons. The molecule has 186 valence electrons. The Morgan fingerprint density at radius 1 is 0.838 bits per heavy atom. The third kappa shape index (κ3) is 3.77. The number of allylic oxidation sites excluding steroid dienone is 3. The van der Waals surface area contributed by atoms with Crippen LogP contribution in [0.4, 0.5) is 21.0 Å². The highest BCUT2D eigenvalue weighted by Crippen LogP contribution is 2.58. The van der Waals surface area contributed by atoms with Crippen LogP contribution in [0.1, 0.15) is 32.3 Å². The molecule has 0 aromatic heterocycles. The van der Waals surface area contributed by atoms with Crippen molar-refractivity contribution in [1.29, 1.82) is 0 Å². The summed E-state index contributed by atoms with van der Waals surface area (Å²) in [7, 11) is 0. The van der Waals surface area contributed by atoms with Gasteiger partial charge in [-0.3, -0.25) is 4.90 Å². The minimum Gasteiger partial charge on any atom is -0.306 e. The Bertz CT molecular complexity index is 1380. The topological polar surface area (TPSA) is 52.7 Å². The SMILES string of the molecule is CC1(C)[C@@H]2CC(/C=C/C3(c4ccccc4)NC(=O)N(c4ccccc4)C(=O)N3c3ccccc3)=C[C@H]1C2. The molecule has 0 spiro atoms. The van der Waals surface area contributed by atoms with Crippen molar-refractivity contribution in [2.24, 2.45) is 17.3 Å². The van der Waals surface area contributed by atoms with Gasteiger partial charge in [-0.2, -0.15) is 0 Å². The molecule has 4 amide bonds. The average Bonchev–Trinajstić information content (AvgIpc) is 2.93. The third-order valence-electron chi connectivity index (χ3n) is 8.46. The van der Waals surface area contributed by atoms with Crippen molar-refractivity contribution in [3.8, 4) is 0 Å². The van der Waals surface area contributed by atoms with E-state index in [1.165, 1.54) is 16.9 Å². The second-order valence-electron chi connectivity index (χ2n) is 10.8. The van der Waals surface area contributed by atoms with Gasteiger partial charge in [-0.15, -0.1) is 0 Å². The number of hydrogen-bond acceptors (Lipinski definition) is 2. The van der Waals surface area contributed by atoms with Gasteiger partial charge in [0.1, 0.15) is 0 Å². The van der Waals surface area contributed by atoms with Crippen molar-refractivity contribution in [3.05, 3.63) is 120 Å². The molecule has 7 rings (SSSR count). The first-order valence-electron chi connectivity index (χ1n) is 12.9. The van der Waals surface area contributed by atoms with Crippen molar-refractivity contribution in [2.45, 2.75) is 32.4 Å². The number of benzene rings is 3. The van der Waals surface area contributed by atoms with E-state index in [0.29, 0.717) is 28.6 Å². The number of hydrogen-bond donors (Lipinski definition) is 1. The number of nitrogens with one attached hydrogen (secondary N) is 1. The molecule has 4 aliphatic rings. The van der Waals surface area contributed by atoms with Crippen LogP contribution in [-0.4, -0.2) is 12.1 Å². The van der Waals surface area contributed by atoms with Crippen LogP contribution in [0, 0.1) is 17.3 Å². The maximum atomic E-state index is 14.3. The predicted molar refractivity (Wildman–Crippen MR) is 147 cm³/mol. The van der Waals surface area contributed by atoms with E-state index in [9.17, 15) is 9.59 Å². The lowest BCUT2D eigenvalue weighted by Gasteiger charge is -2.55. The van der Waals surface area contributed by atoms with Crippen LogP contribution in [0.2, 0.25) is 0 Å². The number of carbonyl (C=O) groups is 2. The summed E-state index contributed by atoms with van der Waals surface area (Å²) in [5.41, 5.74) is 2.44. The average molecular weight is 490 g/mol. The molecule has 1 saturated carbocycles. The van der Waals surface area contributed by atoms with Gasteiger partial charge in [0, 0.05) is 11.3 Å². The van der Waals surface area contributed by atoms with Crippen LogP contribution in [-0.2, 0) is 5.66 Å². The molecule has 1 aliphatic heterocycles. The minimum absolute atomic E-state index is 0.343. The van der Waals surface area contributed by atoms with Crippen molar-refractivity contribution in [1.82, 2.24) is 5.32 Å². The van der Waals surface area contributed by atoms with Crippen LogP contribution in [0.15, 0.2) is 115 Å². The fraction of sp³-hybridized carbons (Fsp3) is 0.250. The van der Waals surface area contributed by atoms with E-state index in [1.807, 2.05) is 84.9 Å². The smallest absolute Gasteiger partial charge is 0.306 e. The van der Waals surface area contributed by atoms with E-state index < -0.39 is 17.7 Å². The minimum atomic E-state index is -1.19. The summed E-state index contributed by atoms with van der Waals surface area (Å²) >= 11 is 0. The molecule has 5 nitrogen and oxygen atoms in total. The Kier molecular flexibility index (Phi) is 5.52. The molecule has 2 fully saturated rings. The summed E-state index contributed by atoms with van der Waals surface area (Å²) in [6.45, 7) is 4.70. The van der Waals surface area contributed by atoms with E-state index in [2.05, 4.69) is 31.3 Å². The van der Waals surface area contributed by atoms with Gasteiger partial charge in [-0.25, -0.2) is 14.5 Å². The van der Waals surface area contributed by atoms with Gasteiger partial charge in [-0.05, 0) is 60.4 Å². The van der Waals surface area contributed by atoms with Crippen LogP contribution in [0.25, 0.3) is 0 Å². The number of imide groups is 1. The number of rotatable bonds is 5. The van der Waals surface area contributed by atoms with Crippen LogP contribution in [0.5, 0.6) is 0 Å². The lowest BCUT2D eigenvalue weighted by atomic mass is 9.50. The lowest BCUT2D eigenvalue weighted by molar-refractivity contribution is 0.000410. The highest BCUT2D eigenvalue weighted by Gasteiger charge is 2.51. The molecule has 37 heavy (non-hydrogen) atoms. The monoisotopic (exact) mass is 489 g/mol. The van der Waals surface area contributed by atoms with Crippen LogP contribution in [0.3, 0.4) is 0 Å². The van der Waals surface area contributed by atoms with Crippen LogP contribution < -0.4 is 15.1 Å². The number of para-hydroxylation sites is 2. The highest BCUT2D eigenvalue weighted by molar-refractivity contribution is 6.22. The highest BCUT2D eigenvalue weighted by atomic mass is 16.2. The Morgan fingerprint density at radius 2 is 1.43 bits per heavy atom. The predicted octanol–water partition coefficient (Wildman–Crippen LogP) is 7.24. The Balaban J connectivity index is 1.50. The fourth-order valence-corrected chi connectivity index (χ4v) is 6.06. The van der Waals surface area contributed by atoms with Gasteiger partial charge in [-0.1, -0.05) is 98.3 Å². The van der Waals surface area contributed by atoms with Gasteiger partial charge in [0.2, 0.25) is 0 Å². The van der Waals surface area contributed by atoms with Gasteiger partial charge in [0.05, 0.1) is 5.69 Å². The molecular weight excluding hydrogens is 458 g/mol. The molecule has 1 saturated heterocycles. The second kappa shape index (κ2) is 8.77. The Labute approximate surface area is 218 Å². The van der Waals surface area contributed by atoms with Gasteiger partial charge in [0.25, 0.3) is 0 Å². The zero-order valence-corrected chi connectivity index (χ0v) is 21.2. The lowest BCUT2D eigenvalue weighted by Crippen LogP contribution is -2.70. The third-order valence-corrected chi connectivity index (χ3v) is 8.46. The first-order chi connectivity index (χ1) is 17.9. The van der Waals surface area contributed by atoms with Crippen LogP contribution >= 0.6 is 0 Å². The molecule has 1 unspecified atom stereocenters. The van der Waals surface area contributed by atoms with Gasteiger partial charge in [0.15, 0.2) is 5.66 Å². The number of carbonyl (C=O) groups excluding carboxylic acids is 2. The summed E-state index contributed by atoms with van der Waals surface area (Å²) in [6, 6.07) is 27.5. The second-order valence-corrected chi connectivity index (χ2v) is 10.8. The maximum Gasteiger partial charge on any atom is 0.339 e. The van der Waals surface area contributed by atoms with Gasteiger partial charge < -0.3 is 5.32 Å². The quantitative estimate of drug-likeness (QED) is 0.411. The first kappa shape index (κ1) is 23.3. The number of urea groups is 2. The molecule has 3 aromatic carbocycles. The Morgan fingerprint density at radius 3 is 2.00 bits per heavy atom. The number of fused-ring (bicyclic) bond motifs is 1. The molecule has 3 aromatic rings. The van der Waals surface area contributed by atoms with E-state index in [0.717, 1.165) is 12.0 Å². The fourth-order valence-electron chi connectivity index (χ4n) is 6.06. The van der Waals surface area contributed by atoms with Crippen molar-refractivity contribution in [2.75, 3.05) is 9.80 Å². The molecule has 1 heterocycles. The van der Waals surface area contributed by atoms with Crippen molar-refractivity contribution in [3.63, 3.8) is 0 Å². The molecule has 3 atom stereocenters. The zero-order valence-electron chi connectivity index (χ0n) is 21.2. The van der Waals surface area contributed by atoms with E-state index in [-0.39, 0.29) is 0 Å². The summed E-state index contributed by atoms with van der Waals surface area (Å²) in [5.74, 6) is 1.23. The van der Waals surface area contributed by atoms with Crippen molar-refractivity contribution < 1.29 is 9.59 Å². The standard InChI is InChI=1S/C32H31N3O2/c1-31(2)25-20-23(21-26(31)22-25)18-19-32(24-12-6-3-7-13-24)33-29(36)34(27-14-8-4-9-15-27)30(37)35(32)28-16-10-5-11-17-28/h3-20,25-26H,21-22H2,1-2H3,(H,33,36)/b19-18+/t25-,26+,32?/m0/s1. The number of anilines is 2. The summed E-state index contributed by atoms with van der Waals surface area (Å²) in [6.07, 6.45) is 8.74. The molecule has 1 N–H and O–H groups in total. The summed E-state index contributed by atoms with van der Waals surface area (Å²) in [4.78, 5) is 30.9. The summed E-state index contributed by atoms with van der Waals surface area (Å²) < 4.78 is 0. The molecule has 2 bridgehead atoms. The summed E-state index contributed by atoms with van der Waals surface area (Å²) in [5, 5.41) is 3.23. The molecule has 5 heteroatoms.